The van der Waals surface area contributed by atoms with Crippen LogP contribution in [0.2, 0.25) is 0 Å². The van der Waals surface area contributed by atoms with Crippen LogP contribution < -0.4 is 16.1 Å². The maximum Gasteiger partial charge on any atom is 0.329 e. The minimum Gasteiger partial charge on any atom is -0.395 e. The fourth-order valence-electron chi connectivity index (χ4n) is 2.07. The molecule has 21 heavy (non-hydrogen) atoms. The largest absolute Gasteiger partial charge is 0.395 e. The third-order valence-electron chi connectivity index (χ3n) is 3.09. The van der Waals surface area contributed by atoms with E-state index in [-0.39, 0.29) is 31.5 Å². The van der Waals surface area contributed by atoms with Crippen LogP contribution in [0, 0.1) is 0 Å². The molecular formula is C13H22N4O4. The van der Waals surface area contributed by atoms with E-state index >= 15 is 0 Å². The molecule has 0 radical (unpaired) electrons. The molecule has 0 heterocycles. The van der Waals surface area contributed by atoms with Crippen LogP contribution in [0.25, 0.3) is 0 Å². The fraction of sp³-hybridized carbons (Fsp3) is 0.692. The molecule has 0 saturated heterocycles. The van der Waals surface area contributed by atoms with Gasteiger partial charge in [-0.05, 0) is 19.8 Å². The number of nitrogens with zero attached hydrogens (tertiary/aromatic N) is 1. The van der Waals surface area contributed by atoms with Gasteiger partial charge in [0.05, 0.1) is 13.0 Å². The standard InChI is InChI=1S/C13H22N4O4/c1-9(8-11(19)15-10-4-2-3-5-10)16-17-13(21)12(20)14-6-7-18/h10,18H,2-8H2,1H3,(H,14,20)(H,15,19)(H,17,21)/b16-9-. The second kappa shape index (κ2) is 9.06. The van der Waals surface area contributed by atoms with E-state index in [9.17, 15) is 14.4 Å². The predicted molar refractivity (Wildman–Crippen MR) is 76.4 cm³/mol. The Kier molecular flexibility index (Phi) is 7.38. The van der Waals surface area contributed by atoms with Crippen LogP contribution in [-0.2, 0) is 14.4 Å². The van der Waals surface area contributed by atoms with Crippen molar-refractivity contribution in [1.29, 1.82) is 0 Å². The molecule has 0 unspecified atom stereocenters. The van der Waals surface area contributed by atoms with E-state index in [1.54, 1.807) is 6.92 Å². The van der Waals surface area contributed by atoms with Gasteiger partial charge in [-0.3, -0.25) is 14.4 Å². The number of aliphatic hydroxyl groups is 1. The molecule has 3 amide bonds. The van der Waals surface area contributed by atoms with Crippen molar-refractivity contribution >= 4 is 23.4 Å². The van der Waals surface area contributed by atoms with Gasteiger partial charge < -0.3 is 15.7 Å². The van der Waals surface area contributed by atoms with Crippen molar-refractivity contribution < 1.29 is 19.5 Å². The van der Waals surface area contributed by atoms with E-state index in [2.05, 4.69) is 21.2 Å². The lowest BCUT2D eigenvalue weighted by Gasteiger charge is -2.11. The smallest absolute Gasteiger partial charge is 0.329 e. The summed E-state index contributed by atoms with van der Waals surface area (Å²) < 4.78 is 0. The molecule has 1 aliphatic carbocycles. The van der Waals surface area contributed by atoms with Crippen LogP contribution in [0.3, 0.4) is 0 Å². The van der Waals surface area contributed by atoms with Gasteiger partial charge in [-0.1, -0.05) is 12.8 Å². The van der Waals surface area contributed by atoms with Gasteiger partial charge >= 0.3 is 11.8 Å². The maximum absolute atomic E-state index is 11.7. The van der Waals surface area contributed by atoms with Crippen molar-refractivity contribution in [2.75, 3.05) is 13.2 Å². The monoisotopic (exact) mass is 298 g/mol. The fourth-order valence-corrected chi connectivity index (χ4v) is 2.07. The average Bonchev–Trinajstić information content (AvgIpc) is 2.94. The molecule has 1 rings (SSSR count). The van der Waals surface area contributed by atoms with Gasteiger partial charge in [-0.25, -0.2) is 5.43 Å². The van der Waals surface area contributed by atoms with Crippen molar-refractivity contribution in [3.63, 3.8) is 0 Å². The molecule has 0 spiro atoms. The van der Waals surface area contributed by atoms with Crippen molar-refractivity contribution in [1.82, 2.24) is 16.1 Å². The molecule has 4 N–H and O–H groups in total. The lowest BCUT2D eigenvalue weighted by atomic mass is 10.2. The Morgan fingerprint density at radius 3 is 2.48 bits per heavy atom. The molecule has 0 aliphatic heterocycles. The van der Waals surface area contributed by atoms with Crippen LogP contribution in [0.1, 0.15) is 39.0 Å². The second-order valence-electron chi connectivity index (χ2n) is 4.99. The summed E-state index contributed by atoms with van der Waals surface area (Å²) in [5, 5.41) is 17.3. The summed E-state index contributed by atoms with van der Waals surface area (Å²) in [6, 6.07) is 0.240. The Hall–Kier alpha value is -1.96. The van der Waals surface area contributed by atoms with E-state index in [1.165, 1.54) is 0 Å². The van der Waals surface area contributed by atoms with Crippen molar-refractivity contribution in [3.8, 4) is 0 Å². The van der Waals surface area contributed by atoms with Gasteiger partial charge in [0.2, 0.25) is 5.91 Å². The van der Waals surface area contributed by atoms with Gasteiger partial charge in [-0.15, -0.1) is 0 Å². The van der Waals surface area contributed by atoms with Gasteiger partial charge in [-0.2, -0.15) is 5.10 Å². The molecule has 8 heteroatoms. The highest BCUT2D eigenvalue weighted by molar-refractivity contribution is 6.35. The third kappa shape index (κ3) is 6.84. The highest BCUT2D eigenvalue weighted by Crippen LogP contribution is 2.17. The number of carbonyl (C=O) groups excluding carboxylic acids is 3. The lowest BCUT2D eigenvalue weighted by Crippen LogP contribution is -2.39. The molecule has 8 nitrogen and oxygen atoms in total. The van der Waals surface area contributed by atoms with E-state index in [4.69, 9.17) is 5.11 Å². The first-order chi connectivity index (χ1) is 10.0. The predicted octanol–water partition coefficient (Wildman–Crippen LogP) is -0.964. The van der Waals surface area contributed by atoms with Crippen LogP contribution >= 0.6 is 0 Å². The van der Waals surface area contributed by atoms with Gasteiger partial charge in [0, 0.05) is 18.3 Å². The van der Waals surface area contributed by atoms with E-state index in [0.29, 0.717) is 5.71 Å². The Balaban J connectivity index is 2.29. The van der Waals surface area contributed by atoms with E-state index < -0.39 is 11.8 Å². The summed E-state index contributed by atoms with van der Waals surface area (Å²) in [6.07, 6.45) is 4.36. The molecule has 1 aliphatic rings. The summed E-state index contributed by atoms with van der Waals surface area (Å²) in [5.74, 6) is -1.95. The number of nitrogens with one attached hydrogen (secondary N) is 3. The first-order valence-electron chi connectivity index (χ1n) is 7.04. The Morgan fingerprint density at radius 1 is 1.19 bits per heavy atom. The van der Waals surface area contributed by atoms with Crippen LogP contribution in [0.5, 0.6) is 0 Å². The van der Waals surface area contributed by atoms with Crippen LogP contribution in [-0.4, -0.2) is 47.7 Å². The molecular weight excluding hydrogens is 276 g/mol. The molecule has 0 bridgehead atoms. The zero-order valence-electron chi connectivity index (χ0n) is 12.1. The molecule has 118 valence electrons. The summed E-state index contributed by atoms with van der Waals surface area (Å²) in [7, 11) is 0. The lowest BCUT2D eigenvalue weighted by molar-refractivity contribution is -0.139. The average molecular weight is 298 g/mol. The molecule has 1 saturated carbocycles. The normalized spacial score (nSPS) is 15.6. The summed E-state index contributed by atoms with van der Waals surface area (Å²) in [5.41, 5.74) is 2.48. The number of hydrazone groups is 1. The van der Waals surface area contributed by atoms with Crippen LogP contribution in [0.15, 0.2) is 5.10 Å². The number of carbonyl (C=O) groups is 3. The van der Waals surface area contributed by atoms with Gasteiger partial charge in [0.1, 0.15) is 0 Å². The SMILES string of the molecule is C/C(CC(=O)NC1CCCC1)=N/NC(=O)C(=O)NCCO. The summed E-state index contributed by atoms with van der Waals surface area (Å²) >= 11 is 0. The minimum atomic E-state index is -0.931. The topological polar surface area (TPSA) is 120 Å². The first kappa shape index (κ1) is 17.1. The van der Waals surface area contributed by atoms with Gasteiger partial charge in [0.25, 0.3) is 0 Å². The maximum atomic E-state index is 11.7. The van der Waals surface area contributed by atoms with E-state index in [1.807, 2.05) is 0 Å². The van der Waals surface area contributed by atoms with Crippen LogP contribution in [0.4, 0.5) is 0 Å². The Bertz CT molecular complexity index is 416. The molecule has 0 aromatic heterocycles. The number of rotatable bonds is 6. The molecule has 0 aromatic rings. The second-order valence-corrected chi connectivity index (χ2v) is 4.99. The quantitative estimate of drug-likeness (QED) is 0.287. The number of aliphatic hydroxyl groups excluding tert-OH is 1. The zero-order valence-corrected chi connectivity index (χ0v) is 12.1. The molecule has 0 atom stereocenters. The highest BCUT2D eigenvalue weighted by atomic mass is 16.3. The Labute approximate surface area is 123 Å². The van der Waals surface area contributed by atoms with Crippen molar-refractivity contribution in [2.24, 2.45) is 5.10 Å². The molecule has 0 aromatic carbocycles. The summed E-state index contributed by atoms with van der Waals surface area (Å²) in [6.45, 7) is 1.35. The van der Waals surface area contributed by atoms with E-state index in [0.717, 1.165) is 25.7 Å². The third-order valence-corrected chi connectivity index (χ3v) is 3.09. The van der Waals surface area contributed by atoms with Crippen molar-refractivity contribution in [3.05, 3.63) is 0 Å². The number of hydrogen-bond acceptors (Lipinski definition) is 5. The number of amides is 3. The van der Waals surface area contributed by atoms with Gasteiger partial charge in [0.15, 0.2) is 0 Å². The highest BCUT2D eigenvalue weighted by Gasteiger charge is 2.17. The first-order valence-corrected chi connectivity index (χ1v) is 7.04. The minimum absolute atomic E-state index is 0.00125. The number of hydrogen-bond donors (Lipinski definition) is 4. The summed E-state index contributed by atoms with van der Waals surface area (Å²) in [4.78, 5) is 34.2. The zero-order chi connectivity index (χ0) is 15.7. The Morgan fingerprint density at radius 2 is 1.86 bits per heavy atom. The molecule has 1 fully saturated rings. The van der Waals surface area contributed by atoms with Crippen molar-refractivity contribution in [2.45, 2.75) is 45.1 Å².